The van der Waals surface area contributed by atoms with Gasteiger partial charge in [0.2, 0.25) is 5.88 Å². The van der Waals surface area contributed by atoms with Gasteiger partial charge in [-0.3, -0.25) is 0 Å². The van der Waals surface area contributed by atoms with Crippen LogP contribution in [-0.4, -0.2) is 11.5 Å². The molecule has 1 N–H and O–H groups in total. The number of pyridine rings is 1. The topological polar surface area (TPSA) is 34.2 Å². The van der Waals surface area contributed by atoms with Crippen molar-refractivity contribution in [2.45, 2.75) is 19.9 Å². The van der Waals surface area contributed by atoms with E-state index in [0.717, 1.165) is 23.0 Å². The van der Waals surface area contributed by atoms with Gasteiger partial charge in [-0.1, -0.05) is 18.5 Å². The number of benzene rings is 1. The molecule has 21 heavy (non-hydrogen) atoms. The van der Waals surface area contributed by atoms with E-state index in [2.05, 4.69) is 33.2 Å². The quantitative estimate of drug-likeness (QED) is 0.729. The molecule has 0 aliphatic rings. The molecule has 0 bridgehead atoms. The lowest BCUT2D eigenvalue weighted by Gasteiger charge is -2.12. The van der Waals surface area contributed by atoms with E-state index in [9.17, 15) is 4.39 Å². The van der Waals surface area contributed by atoms with Crippen LogP contribution in [0.3, 0.4) is 0 Å². The first-order chi connectivity index (χ1) is 10.1. The lowest BCUT2D eigenvalue weighted by atomic mass is 10.2. The minimum Gasteiger partial charge on any atom is -0.437 e. The predicted octanol–water partition coefficient (Wildman–Crippen LogP) is 4.93. The summed E-state index contributed by atoms with van der Waals surface area (Å²) in [7, 11) is 0. The van der Waals surface area contributed by atoms with Crippen molar-refractivity contribution in [3.8, 4) is 11.6 Å². The minimum atomic E-state index is -0.402. The Kier molecular flexibility index (Phi) is 5.96. The summed E-state index contributed by atoms with van der Waals surface area (Å²) in [6.07, 6.45) is 2.69. The number of nitrogens with one attached hydrogen (secondary N) is 1. The molecule has 0 saturated carbocycles. The van der Waals surface area contributed by atoms with Crippen LogP contribution in [0.25, 0.3) is 0 Å². The van der Waals surface area contributed by atoms with Gasteiger partial charge in [0.1, 0.15) is 11.6 Å². The van der Waals surface area contributed by atoms with Crippen molar-refractivity contribution in [2.75, 3.05) is 6.54 Å². The minimum absolute atomic E-state index is 0.215. The van der Waals surface area contributed by atoms with Gasteiger partial charge in [0, 0.05) is 22.8 Å². The third-order valence-electron chi connectivity index (χ3n) is 2.73. The molecule has 112 valence electrons. The summed E-state index contributed by atoms with van der Waals surface area (Å²) in [6, 6.07) is 5.94. The maximum absolute atomic E-state index is 13.1. The summed E-state index contributed by atoms with van der Waals surface area (Å²) in [6.45, 7) is 3.64. The summed E-state index contributed by atoms with van der Waals surface area (Å²) in [5, 5.41) is 3.51. The predicted molar refractivity (Wildman–Crippen MR) is 85.4 cm³/mol. The lowest BCUT2D eigenvalue weighted by molar-refractivity contribution is 0.451. The first kappa shape index (κ1) is 16.2. The van der Waals surface area contributed by atoms with Gasteiger partial charge < -0.3 is 10.1 Å². The Bertz CT molecular complexity index is 625. The zero-order valence-electron chi connectivity index (χ0n) is 11.5. The SMILES string of the molecule is CCCNCc1cc(Br)cnc1Oc1ccc(F)cc1Cl. The summed E-state index contributed by atoms with van der Waals surface area (Å²) >= 11 is 9.37. The summed E-state index contributed by atoms with van der Waals surface area (Å²) in [4.78, 5) is 4.25. The fraction of sp³-hybridized carbons (Fsp3) is 0.267. The molecule has 0 radical (unpaired) electrons. The molecule has 0 fully saturated rings. The van der Waals surface area contributed by atoms with Gasteiger partial charge in [-0.2, -0.15) is 0 Å². The fourth-order valence-corrected chi connectivity index (χ4v) is 2.33. The molecular formula is C15H15BrClFN2O. The zero-order chi connectivity index (χ0) is 15.2. The van der Waals surface area contributed by atoms with Gasteiger partial charge in [-0.05, 0) is 53.2 Å². The van der Waals surface area contributed by atoms with E-state index in [4.69, 9.17) is 16.3 Å². The zero-order valence-corrected chi connectivity index (χ0v) is 13.8. The van der Waals surface area contributed by atoms with Crippen molar-refractivity contribution in [1.29, 1.82) is 0 Å². The van der Waals surface area contributed by atoms with E-state index < -0.39 is 5.82 Å². The molecule has 3 nitrogen and oxygen atoms in total. The summed E-state index contributed by atoms with van der Waals surface area (Å²) in [5.74, 6) is 0.431. The second kappa shape index (κ2) is 7.73. The Morgan fingerprint density at radius 1 is 1.38 bits per heavy atom. The van der Waals surface area contributed by atoms with Crippen LogP contribution in [0.2, 0.25) is 5.02 Å². The first-order valence-electron chi connectivity index (χ1n) is 6.58. The molecule has 0 unspecified atom stereocenters. The van der Waals surface area contributed by atoms with Crippen LogP contribution < -0.4 is 10.1 Å². The van der Waals surface area contributed by atoms with Crippen molar-refractivity contribution in [3.05, 3.63) is 51.3 Å². The number of hydrogen-bond donors (Lipinski definition) is 1. The molecule has 1 aromatic heterocycles. The van der Waals surface area contributed by atoms with Gasteiger partial charge in [0.15, 0.2) is 0 Å². The third-order valence-corrected chi connectivity index (χ3v) is 3.46. The molecule has 0 spiro atoms. The Morgan fingerprint density at radius 3 is 2.90 bits per heavy atom. The normalized spacial score (nSPS) is 10.7. The highest BCUT2D eigenvalue weighted by Crippen LogP contribution is 2.31. The van der Waals surface area contributed by atoms with Gasteiger partial charge in [-0.25, -0.2) is 9.37 Å². The van der Waals surface area contributed by atoms with E-state index in [1.165, 1.54) is 18.2 Å². The molecule has 1 aromatic carbocycles. The number of hydrogen-bond acceptors (Lipinski definition) is 3. The molecule has 2 rings (SSSR count). The Labute approximate surface area is 136 Å². The summed E-state index contributed by atoms with van der Waals surface area (Å²) < 4.78 is 19.6. The van der Waals surface area contributed by atoms with E-state index >= 15 is 0 Å². The van der Waals surface area contributed by atoms with Gasteiger partial charge in [-0.15, -0.1) is 0 Å². The maximum atomic E-state index is 13.1. The smallest absolute Gasteiger partial charge is 0.223 e. The maximum Gasteiger partial charge on any atom is 0.223 e. The number of halogens is 3. The van der Waals surface area contributed by atoms with Crippen LogP contribution >= 0.6 is 27.5 Å². The first-order valence-corrected chi connectivity index (χ1v) is 7.75. The molecule has 0 amide bonds. The van der Waals surface area contributed by atoms with Crippen LogP contribution in [-0.2, 0) is 6.54 Å². The van der Waals surface area contributed by atoms with Crippen molar-refractivity contribution in [1.82, 2.24) is 10.3 Å². The van der Waals surface area contributed by atoms with Crippen molar-refractivity contribution in [3.63, 3.8) is 0 Å². The van der Waals surface area contributed by atoms with Crippen LogP contribution in [0.1, 0.15) is 18.9 Å². The third kappa shape index (κ3) is 4.66. The van der Waals surface area contributed by atoms with E-state index in [1.54, 1.807) is 6.20 Å². The molecule has 0 aliphatic carbocycles. The molecular weight excluding hydrogens is 359 g/mol. The van der Waals surface area contributed by atoms with Crippen LogP contribution in [0.15, 0.2) is 34.9 Å². The van der Waals surface area contributed by atoms with E-state index in [-0.39, 0.29) is 5.02 Å². The van der Waals surface area contributed by atoms with Gasteiger partial charge >= 0.3 is 0 Å². The molecule has 0 aliphatic heterocycles. The van der Waals surface area contributed by atoms with Crippen LogP contribution in [0.5, 0.6) is 11.6 Å². The second-order valence-electron chi connectivity index (χ2n) is 4.47. The van der Waals surface area contributed by atoms with Crippen LogP contribution in [0, 0.1) is 5.82 Å². The average Bonchev–Trinajstić information content (AvgIpc) is 2.44. The lowest BCUT2D eigenvalue weighted by Crippen LogP contribution is -2.14. The number of ether oxygens (including phenoxy) is 1. The molecule has 6 heteroatoms. The van der Waals surface area contributed by atoms with Crippen molar-refractivity contribution < 1.29 is 9.13 Å². The second-order valence-corrected chi connectivity index (χ2v) is 5.79. The average molecular weight is 374 g/mol. The fourth-order valence-electron chi connectivity index (χ4n) is 1.75. The van der Waals surface area contributed by atoms with Crippen molar-refractivity contribution >= 4 is 27.5 Å². The molecule has 0 atom stereocenters. The van der Waals surface area contributed by atoms with Crippen LogP contribution in [0.4, 0.5) is 4.39 Å². The standard InChI is InChI=1S/C15H15BrClFN2O/c1-2-5-19-8-10-6-11(16)9-20-15(10)21-14-4-3-12(18)7-13(14)17/h3-4,6-7,9,19H,2,5,8H2,1H3. The molecule has 1 heterocycles. The highest BCUT2D eigenvalue weighted by atomic mass is 79.9. The Balaban J connectivity index is 2.22. The Hall–Kier alpha value is -1.17. The highest BCUT2D eigenvalue weighted by Gasteiger charge is 2.10. The van der Waals surface area contributed by atoms with Gasteiger partial charge in [0.25, 0.3) is 0 Å². The molecule has 2 aromatic rings. The van der Waals surface area contributed by atoms with Gasteiger partial charge in [0.05, 0.1) is 5.02 Å². The van der Waals surface area contributed by atoms with E-state index in [1.807, 2.05) is 6.07 Å². The van der Waals surface area contributed by atoms with Crippen molar-refractivity contribution in [2.24, 2.45) is 0 Å². The van der Waals surface area contributed by atoms with E-state index in [0.29, 0.717) is 18.2 Å². The molecule has 0 saturated heterocycles. The number of aromatic nitrogens is 1. The number of rotatable bonds is 6. The highest BCUT2D eigenvalue weighted by molar-refractivity contribution is 9.10. The Morgan fingerprint density at radius 2 is 2.19 bits per heavy atom. The largest absolute Gasteiger partial charge is 0.437 e. The summed E-state index contributed by atoms with van der Waals surface area (Å²) in [5.41, 5.74) is 0.901. The monoisotopic (exact) mass is 372 g/mol. The number of nitrogens with zero attached hydrogens (tertiary/aromatic N) is 1.